The van der Waals surface area contributed by atoms with Gasteiger partial charge in [0.2, 0.25) is 17.7 Å². The van der Waals surface area contributed by atoms with Crippen LogP contribution in [0.1, 0.15) is 6.92 Å². The third-order valence-corrected chi connectivity index (χ3v) is 3.39. The first-order valence-corrected chi connectivity index (χ1v) is 7.39. The molecule has 0 bridgehead atoms. The van der Waals surface area contributed by atoms with E-state index in [1.807, 2.05) is 0 Å². The van der Waals surface area contributed by atoms with Crippen molar-refractivity contribution in [1.82, 2.24) is 21.3 Å². The van der Waals surface area contributed by atoms with E-state index in [1.54, 1.807) is 14.0 Å². The zero-order valence-electron chi connectivity index (χ0n) is 11.8. The minimum atomic E-state index is -0.811. The molecule has 4 N–H and O–H groups in total. The highest BCUT2D eigenvalue weighted by Gasteiger charge is 2.25. The monoisotopic (exact) mass is 322 g/mol. The molecule has 0 spiro atoms. The molecule has 0 aliphatic rings. The molecule has 0 saturated carbocycles. The van der Waals surface area contributed by atoms with Crippen molar-refractivity contribution < 1.29 is 14.4 Å². The molecule has 0 heterocycles. The molecule has 0 aromatic heterocycles. The van der Waals surface area contributed by atoms with E-state index >= 15 is 0 Å². The Morgan fingerprint density at radius 1 is 0.900 bits per heavy atom. The number of hydrogen-bond donors (Lipinski definition) is 6. The van der Waals surface area contributed by atoms with Gasteiger partial charge in [-0.2, -0.15) is 25.3 Å². The Balaban J connectivity index is 4.56. The molecule has 116 valence electrons. The van der Waals surface area contributed by atoms with Crippen molar-refractivity contribution in [2.45, 2.75) is 25.0 Å². The van der Waals surface area contributed by atoms with Gasteiger partial charge in [-0.3, -0.25) is 14.4 Å². The van der Waals surface area contributed by atoms with Crippen molar-refractivity contribution in [1.29, 1.82) is 0 Å². The first-order valence-electron chi connectivity index (χ1n) is 6.12. The van der Waals surface area contributed by atoms with Crippen molar-refractivity contribution in [2.75, 3.05) is 25.6 Å². The van der Waals surface area contributed by atoms with E-state index in [-0.39, 0.29) is 17.6 Å². The van der Waals surface area contributed by atoms with Crippen LogP contribution >= 0.6 is 25.3 Å². The predicted molar refractivity (Wildman–Crippen MR) is 84.2 cm³/mol. The van der Waals surface area contributed by atoms with Gasteiger partial charge in [0.15, 0.2) is 0 Å². The summed E-state index contributed by atoms with van der Waals surface area (Å²) < 4.78 is 0. The van der Waals surface area contributed by atoms with Gasteiger partial charge in [-0.15, -0.1) is 0 Å². The van der Waals surface area contributed by atoms with E-state index in [9.17, 15) is 14.4 Å². The van der Waals surface area contributed by atoms with Gasteiger partial charge < -0.3 is 21.3 Å². The average Bonchev–Trinajstić information content (AvgIpc) is 2.44. The number of thiol groups is 2. The maximum atomic E-state index is 11.9. The van der Waals surface area contributed by atoms with E-state index in [4.69, 9.17) is 0 Å². The topological polar surface area (TPSA) is 99.3 Å². The summed E-state index contributed by atoms with van der Waals surface area (Å²) in [5.41, 5.74) is 0. The summed E-state index contributed by atoms with van der Waals surface area (Å²) in [6.45, 7) is 1.55. The maximum Gasteiger partial charge on any atom is 0.244 e. The van der Waals surface area contributed by atoms with Crippen LogP contribution in [0.5, 0.6) is 0 Å². The zero-order chi connectivity index (χ0) is 15.7. The normalized spacial score (nSPS) is 14.8. The van der Waals surface area contributed by atoms with Crippen LogP contribution in [-0.2, 0) is 14.4 Å². The molecule has 0 aromatic carbocycles. The van der Waals surface area contributed by atoms with Gasteiger partial charge in [0, 0.05) is 18.6 Å². The van der Waals surface area contributed by atoms with Crippen LogP contribution in [-0.4, -0.2) is 61.4 Å². The Kier molecular flexibility index (Phi) is 9.43. The molecule has 0 radical (unpaired) electrons. The predicted octanol–water partition coefficient (Wildman–Crippen LogP) is -1.83. The quantitative estimate of drug-likeness (QED) is 0.296. The number of rotatable bonds is 8. The SMILES string of the molecule is CNC(=O)[C@@H](C)NC(=O)[C@@H](CS)NC(=O)[C@@H](CS)NC. The van der Waals surface area contributed by atoms with E-state index in [1.165, 1.54) is 7.05 Å². The molecule has 0 aromatic rings. The van der Waals surface area contributed by atoms with Gasteiger partial charge in [0.05, 0.1) is 6.04 Å². The standard InChI is InChI=1S/C11H22N4O3S2/c1-6(9(16)13-3)14-11(18)8(5-20)15-10(17)7(4-19)12-2/h6-8,12,19-20H,4-5H2,1-3H3,(H,13,16)(H,14,18)(H,15,17)/t6-,7-,8-/m1/s1. The van der Waals surface area contributed by atoms with Crippen LogP contribution in [0.15, 0.2) is 0 Å². The third kappa shape index (κ3) is 6.02. The fourth-order valence-electron chi connectivity index (χ4n) is 1.37. The summed E-state index contributed by atoms with van der Waals surface area (Å²) in [5.74, 6) is -0.687. The Morgan fingerprint density at radius 3 is 1.80 bits per heavy atom. The average molecular weight is 322 g/mol. The Labute approximate surface area is 129 Å². The second kappa shape index (κ2) is 9.89. The minimum absolute atomic E-state index is 0.126. The molecule has 0 saturated heterocycles. The lowest BCUT2D eigenvalue weighted by Gasteiger charge is -2.21. The van der Waals surface area contributed by atoms with Gasteiger partial charge in [-0.05, 0) is 14.0 Å². The summed E-state index contributed by atoms with van der Waals surface area (Å²) in [5, 5.41) is 10.3. The Morgan fingerprint density at radius 2 is 1.40 bits per heavy atom. The lowest BCUT2D eigenvalue weighted by molar-refractivity contribution is -0.131. The van der Waals surface area contributed by atoms with E-state index < -0.39 is 24.0 Å². The molecule has 0 unspecified atom stereocenters. The maximum absolute atomic E-state index is 11.9. The Bertz CT molecular complexity index is 351. The lowest BCUT2D eigenvalue weighted by Crippen LogP contribution is -2.56. The van der Waals surface area contributed by atoms with Crippen LogP contribution in [0.4, 0.5) is 0 Å². The Hall–Kier alpha value is -0.930. The molecule has 0 fully saturated rings. The highest BCUT2D eigenvalue weighted by atomic mass is 32.1. The second-order valence-corrected chi connectivity index (χ2v) is 4.84. The second-order valence-electron chi connectivity index (χ2n) is 4.11. The van der Waals surface area contributed by atoms with Crippen molar-refractivity contribution in [3.63, 3.8) is 0 Å². The summed E-state index contributed by atoms with van der Waals surface area (Å²) in [6, 6.07) is -1.99. The van der Waals surface area contributed by atoms with Gasteiger partial charge >= 0.3 is 0 Å². The molecule has 0 rings (SSSR count). The van der Waals surface area contributed by atoms with E-state index in [0.29, 0.717) is 5.75 Å². The van der Waals surface area contributed by atoms with Crippen molar-refractivity contribution in [3.05, 3.63) is 0 Å². The first-order chi connectivity index (χ1) is 9.40. The number of nitrogens with one attached hydrogen (secondary N) is 4. The van der Waals surface area contributed by atoms with Gasteiger partial charge in [-0.25, -0.2) is 0 Å². The number of amides is 3. The summed E-state index contributed by atoms with van der Waals surface area (Å²) in [4.78, 5) is 35.1. The van der Waals surface area contributed by atoms with Crippen LogP contribution in [0.25, 0.3) is 0 Å². The first kappa shape index (κ1) is 19.1. The molecular formula is C11H22N4O3S2. The van der Waals surface area contributed by atoms with Gasteiger partial charge in [0.1, 0.15) is 12.1 Å². The molecule has 7 nitrogen and oxygen atoms in total. The molecule has 0 aliphatic carbocycles. The highest BCUT2D eigenvalue weighted by Crippen LogP contribution is 1.95. The fourth-order valence-corrected chi connectivity index (χ4v) is 1.97. The summed E-state index contributed by atoms with van der Waals surface area (Å²) in [6.07, 6.45) is 0. The largest absolute Gasteiger partial charge is 0.357 e. The van der Waals surface area contributed by atoms with Gasteiger partial charge in [-0.1, -0.05) is 0 Å². The smallest absolute Gasteiger partial charge is 0.244 e. The summed E-state index contributed by atoms with van der Waals surface area (Å²) in [7, 11) is 3.11. The van der Waals surface area contributed by atoms with Crippen LogP contribution < -0.4 is 21.3 Å². The lowest BCUT2D eigenvalue weighted by atomic mass is 10.2. The third-order valence-electron chi connectivity index (χ3n) is 2.66. The van der Waals surface area contributed by atoms with Crippen LogP contribution in [0.3, 0.4) is 0 Å². The molecule has 20 heavy (non-hydrogen) atoms. The number of carbonyl (C=O) groups excluding carboxylic acids is 3. The highest BCUT2D eigenvalue weighted by molar-refractivity contribution is 7.80. The molecule has 3 amide bonds. The van der Waals surface area contributed by atoms with Crippen molar-refractivity contribution >= 4 is 43.0 Å². The fraction of sp³-hybridized carbons (Fsp3) is 0.727. The molecule has 3 atom stereocenters. The number of carbonyl (C=O) groups is 3. The van der Waals surface area contributed by atoms with Crippen LogP contribution in [0.2, 0.25) is 0 Å². The van der Waals surface area contributed by atoms with Crippen molar-refractivity contribution in [3.8, 4) is 0 Å². The molecular weight excluding hydrogens is 300 g/mol. The molecule has 0 aliphatic heterocycles. The number of hydrogen-bond acceptors (Lipinski definition) is 6. The molecule has 9 heteroatoms. The summed E-state index contributed by atoms with van der Waals surface area (Å²) >= 11 is 8.08. The van der Waals surface area contributed by atoms with Gasteiger partial charge in [0.25, 0.3) is 0 Å². The zero-order valence-corrected chi connectivity index (χ0v) is 13.6. The minimum Gasteiger partial charge on any atom is -0.357 e. The number of likely N-dealkylation sites (N-methyl/N-ethyl adjacent to an activating group) is 2. The van der Waals surface area contributed by atoms with E-state index in [2.05, 4.69) is 46.5 Å². The van der Waals surface area contributed by atoms with Crippen molar-refractivity contribution in [2.24, 2.45) is 0 Å². The van der Waals surface area contributed by atoms with E-state index in [0.717, 1.165) is 0 Å². The van der Waals surface area contributed by atoms with Crippen LogP contribution in [0, 0.1) is 0 Å².